The minimum Gasteiger partial charge on any atom is -0.480 e. The fourth-order valence-electron chi connectivity index (χ4n) is 2.78. The van der Waals surface area contributed by atoms with Crippen LogP contribution in [-0.4, -0.2) is 37.6 Å². The molecule has 0 amide bonds. The van der Waals surface area contributed by atoms with E-state index in [1.54, 1.807) is 18.2 Å². The van der Waals surface area contributed by atoms with Crippen LogP contribution in [0.3, 0.4) is 0 Å². The largest absolute Gasteiger partial charge is 0.480 e. The summed E-state index contributed by atoms with van der Waals surface area (Å²) in [5.74, 6) is -0.914. The number of nitrogens with one attached hydrogen (secondary N) is 2. The van der Waals surface area contributed by atoms with E-state index in [1.807, 2.05) is 0 Å². The molecular formula is C19H17ClN2O6S. The summed E-state index contributed by atoms with van der Waals surface area (Å²) in [7, 11) is -3.69. The standard InChI is InChI=1S/C19H17ClN2O6S/c20-13-2-4-14(5-3-13)29(26,27)21-10-9-12-1-7-16(28-11-18(24)25)19-15(12)6-8-17(23)22-19/h1-8,21H,9-11H2,(H,22,23)(H,24,25). The summed E-state index contributed by atoms with van der Waals surface area (Å²) in [6.07, 6.45) is 0.342. The van der Waals surface area contributed by atoms with E-state index in [1.165, 1.54) is 30.3 Å². The van der Waals surface area contributed by atoms with E-state index >= 15 is 0 Å². The van der Waals surface area contributed by atoms with Crippen molar-refractivity contribution in [2.75, 3.05) is 13.2 Å². The number of halogens is 1. The maximum Gasteiger partial charge on any atom is 0.341 e. The molecular weight excluding hydrogens is 420 g/mol. The van der Waals surface area contributed by atoms with Crippen LogP contribution in [0.5, 0.6) is 5.75 Å². The minimum absolute atomic E-state index is 0.105. The fraction of sp³-hybridized carbons (Fsp3) is 0.158. The highest BCUT2D eigenvalue weighted by molar-refractivity contribution is 7.89. The third kappa shape index (κ3) is 5.14. The van der Waals surface area contributed by atoms with Crippen molar-refractivity contribution in [3.05, 3.63) is 69.5 Å². The molecule has 152 valence electrons. The highest BCUT2D eigenvalue weighted by Crippen LogP contribution is 2.26. The van der Waals surface area contributed by atoms with Crippen LogP contribution in [0.25, 0.3) is 10.9 Å². The van der Waals surface area contributed by atoms with Gasteiger partial charge in [-0.1, -0.05) is 17.7 Å². The first-order valence-electron chi connectivity index (χ1n) is 8.51. The Morgan fingerprint density at radius 2 is 1.83 bits per heavy atom. The Morgan fingerprint density at radius 3 is 2.52 bits per heavy atom. The van der Waals surface area contributed by atoms with Gasteiger partial charge in [-0.15, -0.1) is 0 Å². The molecule has 0 aliphatic heterocycles. The van der Waals surface area contributed by atoms with E-state index in [2.05, 4.69) is 9.71 Å². The molecule has 10 heteroatoms. The third-order valence-corrected chi connectivity index (χ3v) is 5.84. The summed E-state index contributed by atoms with van der Waals surface area (Å²) in [6, 6.07) is 12.0. The second-order valence-corrected chi connectivity index (χ2v) is 8.32. The summed E-state index contributed by atoms with van der Waals surface area (Å²) in [5.41, 5.74) is 0.757. The number of fused-ring (bicyclic) bond motifs is 1. The van der Waals surface area contributed by atoms with Gasteiger partial charge in [0.25, 0.3) is 0 Å². The minimum atomic E-state index is -3.69. The number of hydrogen-bond acceptors (Lipinski definition) is 5. The van der Waals surface area contributed by atoms with Gasteiger partial charge in [0.05, 0.1) is 10.4 Å². The molecule has 3 aromatic rings. The van der Waals surface area contributed by atoms with Gasteiger partial charge in [0.2, 0.25) is 15.6 Å². The number of hydrogen-bond donors (Lipinski definition) is 3. The molecule has 0 atom stereocenters. The van der Waals surface area contributed by atoms with Gasteiger partial charge in [-0.3, -0.25) is 4.79 Å². The number of ether oxygens (including phenoxy) is 1. The highest BCUT2D eigenvalue weighted by Gasteiger charge is 2.14. The predicted octanol–water partition coefficient (Wildman–Crippen LogP) is 2.17. The summed E-state index contributed by atoms with van der Waals surface area (Å²) in [6.45, 7) is -0.430. The molecule has 3 rings (SSSR count). The molecule has 1 heterocycles. The number of aromatic amines is 1. The zero-order chi connectivity index (χ0) is 21.0. The van der Waals surface area contributed by atoms with Crippen LogP contribution in [0.4, 0.5) is 0 Å². The lowest BCUT2D eigenvalue weighted by Gasteiger charge is -2.12. The first kappa shape index (κ1) is 20.8. The van der Waals surface area contributed by atoms with Crippen LogP contribution in [0, 0.1) is 0 Å². The van der Waals surface area contributed by atoms with E-state index < -0.39 is 22.6 Å². The summed E-state index contributed by atoms with van der Waals surface area (Å²) in [4.78, 5) is 25.2. The van der Waals surface area contributed by atoms with Crippen molar-refractivity contribution in [2.24, 2.45) is 0 Å². The average Bonchev–Trinajstić information content (AvgIpc) is 2.67. The van der Waals surface area contributed by atoms with Crippen molar-refractivity contribution in [2.45, 2.75) is 11.3 Å². The van der Waals surface area contributed by atoms with Gasteiger partial charge in [0.1, 0.15) is 5.75 Å². The lowest BCUT2D eigenvalue weighted by molar-refractivity contribution is -0.139. The van der Waals surface area contributed by atoms with Crippen molar-refractivity contribution in [1.82, 2.24) is 9.71 Å². The van der Waals surface area contributed by atoms with Gasteiger partial charge in [0, 0.05) is 23.0 Å². The quantitative estimate of drug-likeness (QED) is 0.497. The molecule has 29 heavy (non-hydrogen) atoms. The van der Waals surface area contributed by atoms with E-state index in [4.69, 9.17) is 21.4 Å². The monoisotopic (exact) mass is 436 g/mol. The molecule has 0 radical (unpaired) electrons. The second kappa shape index (κ2) is 8.64. The Kier molecular flexibility index (Phi) is 6.21. The van der Waals surface area contributed by atoms with Gasteiger partial charge in [-0.25, -0.2) is 17.9 Å². The topological polar surface area (TPSA) is 126 Å². The molecule has 0 saturated heterocycles. The van der Waals surface area contributed by atoms with Gasteiger partial charge >= 0.3 is 5.97 Å². The number of carboxylic acid groups (broad SMARTS) is 1. The van der Waals surface area contributed by atoms with Crippen LogP contribution in [-0.2, 0) is 21.2 Å². The number of benzene rings is 2. The van der Waals surface area contributed by atoms with Crippen molar-refractivity contribution < 1.29 is 23.1 Å². The Hall–Kier alpha value is -2.88. The lowest BCUT2D eigenvalue weighted by Crippen LogP contribution is -2.26. The smallest absolute Gasteiger partial charge is 0.341 e. The molecule has 8 nitrogen and oxygen atoms in total. The number of carbonyl (C=O) groups is 1. The number of aliphatic carboxylic acids is 1. The Balaban J connectivity index is 1.80. The fourth-order valence-corrected chi connectivity index (χ4v) is 3.94. The van der Waals surface area contributed by atoms with E-state index in [-0.39, 0.29) is 22.7 Å². The third-order valence-electron chi connectivity index (χ3n) is 4.11. The highest BCUT2D eigenvalue weighted by atomic mass is 35.5. The molecule has 0 aliphatic carbocycles. The lowest BCUT2D eigenvalue weighted by atomic mass is 10.0. The number of aromatic nitrogens is 1. The van der Waals surface area contributed by atoms with Crippen molar-refractivity contribution in [1.29, 1.82) is 0 Å². The predicted molar refractivity (Wildman–Crippen MR) is 108 cm³/mol. The molecule has 1 aromatic heterocycles. The maximum absolute atomic E-state index is 12.4. The Bertz CT molecular complexity index is 1210. The first-order valence-corrected chi connectivity index (χ1v) is 10.4. The maximum atomic E-state index is 12.4. The molecule has 2 aromatic carbocycles. The zero-order valence-corrected chi connectivity index (χ0v) is 16.6. The van der Waals surface area contributed by atoms with E-state index in [0.29, 0.717) is 22.3 Å². The number of sulfonamides is 1. The summed E-state index contributed by atoms with van der Waals surface area (Å²) < 4.78 is 32.5. The van der Waals surface area contributed by atoms with E-state index in [0.717, 1.165) is 5.56 Å². The Morgan fingerprint density at radius 1 is 1.10 bits per heavy atom. The molecule has 0 bridgehead atoms. The van der Waals surface area contributed by atoms with Gasteiger partial charge in [-0.05, 0) is 48.4 Å². The van der Waals surface area contributed by atoms with Gasteiger partial charge in [0.15, 0.2) is 6.61 Å². The van der Waals surface area contributed by atoms with E-state index in [9.17, 15) is 18.0 Å². The number of rotatable bonds is 8. The molecule has 0 fully saturated rings. The van der Waals surface area contributed by atoms with Crippen LogP contribution in [0.15, 0.2) is 58.2 Å². The summed E-state index contributed by atoms with van der Waals surface area (Å²) >= 11 is 5.78. The SMILES string of the molecule is O=C(O)COc1ccc(CCNS(=O)(=O)c2ccc(Cl)cc2)c2ccc(=O)[nH]c12. The number of carboxylic acids is 1. The molecule has 0 aliphatic rings. The van der Waals surface area contributed by atoms with Crippen LogP contribution in [0.2, 0.25) is 5.02 Å². The first-order chi connectivity index (χ1) is 13.8. The molecule has 3 N–H and O–H groups in total. The number of pyridine rings is 1. The number of H-pyrrole nitrogens is 1. The molecule has 0 unspecified atom stereocenters. The normalized spacial score (nSPS) is 11.5. The van der Waals surface area contributed by atoms with Crippen LogP contribution in [0.1, 0.15) is 5.56 Å². The average molecular weight is 437 g/mol. The van der Waals surface area contributed by atoms with Gasteiger partial charge in [-0.2, -0.15) is 0 Å². The molecule has 0 saturated carbocycles. The second-order valence-electron chi connectivity index (χ2n) is 6.12. The Labute approximate surface area is 171 Å². The zero-order valence-electron chi connectivity index (χ0n) is 15.0. The van der Waals surface area contributed by atoms with Gasteiger partial charge < -0.3 is 14.8 Å². The van der Waals surface area contributed by atoms with Crippen molar-refractivity contribution in [3.8, 4) is 5.75 Å². The van der Waals surface area contributed by atoms with Crippen molar-refractivity contribution >= 4 is 38.5 Å². The molecule has 0 spiro atoms. The summed E-state index contributed by atoms with van der Waals surface area (Å²) in [5, 5.41) is 9.86. The van der Waals surface area contributed by atoms with Crippen molar-refractivity contribution in [3.63, 3.8) is 0 Å². The van der Waals surface area contributed by atoms with Crippen LogP contribution >= 0.6 is 11.6 Å². The van der Waals surface area contributed by atoms with Crippen LogP contribution < -0.4 is 15.0 Å².